The standard InChI is InChI=1S/C22H35BrO2/c1-20(25)10-11-21(2)14(12-20)4-5-15-16-6-7-18(19(24)13-23)22(16,3)9-8-17(15)21/h14-18,25H,4-13H2,1-3H3/t14?,15-,16?,17?,18+,20+,21-,22-/m0/s1. The van der Waals surface area contributed by atoms with Crippen LogP contribution in [-0.2, 0) is 4.79 Å². The van der Waals surface area contributed by atoms with E-state index in [2.05, 4.69) is 29.8 Å². The van der Waals surface area contributed by atoms with E-state index >= 15 is 0 Å². The van der Waals surface area contributed by atoms with E-state index in [0.717, 1.165) is 37.0 Å². The van der Waals surface area contributed by atoms with E-state index in [1.54, 1.807) is 0 Å². The van der Waals surface area contributed by atoms with Crippen molar-refractivity contribution in [3.05, 3.63) is 0 Å². The van der Waals surface area contributed by atoms with Gasteiger partial charge in [0.2, 0.25) is 0 Å². The van der Waals surface area contributed by atoms with Crippen molar-refractivity contribution in [2.75, 3.05) is 5.33 Å². The van der Waals surface area contributed by atoms with Gasteiger partial charge in [-0.05, 0) is 99.2 Å². The van der Waals surface area contributed by atoms with Crippen LogP contribution in [0.5, 0.6) is 0 Å². The van der Waals surface area contributed by atoms with Crippen LogP contribution in [0.3, 0.4) is 0 Å². The number of alkyl halides is 1. The van der Waals surface area contributed by atoms with Crippen LogP contribution in [0.4, 0.5) is 0 Å². The highest BCUT2D eigenvalue weighted by molar-refractivity contribution is 9.09. The van der Waals surface area contributed by atoms with Gasteiger partial charge < -0.3 is 5.11 Å². The van der Waals surface area contributed by atoms with Crippen LogP contribution < -0.4 is 0 Å². The SMILES string of the molecule is C[C@@]1(O)CC[C@@]2(C)C(CC[C@@H]3C2CC[C@@]2(C)C3CC[C@@H]2C(=O)CBr)C1. The van der Waals surface area contributed by atoms with Gasteiger partial charge in [0.05, 0.1) is 10.9 Å². The van der Waals surface area contributed by atoms with Crippen LogP contribution in [0.1, 0.15) is 78.6 Å². The molecular formula is C22H35BrO2. The fourth-order valence-electron chi connectivity index (χ4n) is 8.05. The van der Waals surface area contributed by atoms with Gasteiger partial charge in [0.1, 0.15) is 5.78 Å². The maximum absolute atomic E-state index is 12.5. The number of hydrogen-bond donors (Lipinski definition) is 1. The van der Waals surface area contributed by atoms with Crippen molar-refractivity contribution in [2.45, 2.75) is 84.2 Å². The smallest absolute Gasteiger partial charge is 0.147 e. The molecule has 142 valence electrons. The maximum atomic E-state index is 12.5. The first-order valence-corrected chi connectivity index (χ1v) is 11.6. The quantitative estimate of drug-likeness (QED) is 0.621. The molecule has 25 heavy (non-hydrogen) atoms. The number of carbonyl (C=O) groups is 1. The summed E-state index contributed by atoms with van der Waals surface area (Å²) in [6.45, 7) is 7.03. The fourth-order valence-corrected chi connectivity index (χ4v) is 8.44. The zero-order valence-corrected chi connectivity index (χ0v) is 17.8. The van der Waals surface area contributed by atoms with E-state index in [1.807, 2.05) is 6.92 Å². The minimum Gasteiger partial charge on any atom is -0.390 e. The molecule has 2 nitrogen and oxygen atoms in total. The van der Waals surface area contributed by atoms with Crippen LogP contribution in [0.2, 0.25) is 0 Å². The monoisotopic (exact) mass is 410 g/mol. The van der Waals surface area contributed by atoms with E-state index in [9.17, 15) is 9.90 Å². The van der Waals surface area contributed by atoms with Crippen molar-refractivity contribution in [3.8, 4) is 0 Å². The summed E-state index contributed by atoms with van der Waals surface area (Å²) >= 11 is 3.43. The maximum Gasteiger partial charge on any atom is 0.147 e. The van der Waals surface area contributed by atoms with Gasteiger partial charge in [0.15, 0.2) is 0 Å². The molecule has 0 aromatic heterocycles. The van der Waals surface area contributed by atoms with Crippen LogP contribution >= 0.6 is 15.9 Å². The molecule has 1 N–H and O–H groups in total. The highest BCUT2D eigenvalue weighted by Crippen LogP contribution is 2.68. The highest BCUT2D eigenvalue weighted by Gasteiger charge is 2.61. The molecular weight excluding hydrogens is 376 g/mol. The van der Waals surface area contributed by atoms with Crippen molar-refractivity contribution in [3.63, 3.8) is 0 Å². The number of fused-ring (bicyclic) bond motifs is 5. The summed E-state index contributed by atoms with van der Waals surface area (Å²) in [6.07, 6.45) is 10.7. The summed E-state index contributed by atoms with van der Waals surface area (Å²) in [5.41, 5.74) is 0.223. The Morgan fingerprint density at radius 2 is 1.68 bits per heavy atom. The minimum absolute atomic E-state index is 0.245. The molecule has 4 aliphatic carbocycles. The topological polar surface area (TPSA) is 37.3 Å². The van der Waals surface area contributed by atoms with Crippen LogP contribution in [0.15, 0.2) is 0 Å². The average Bonchev–Trinajstić information content (AvgIpc) is 2.92. The zero-order chi connectivity index (χ0) is 18.0. The molecule has 8 atom stereocenters. The molecule has 0 bridgehead atoms. The summed E-state index contributed by atoms with van der Waals surface area (Å²) in [7, 11) is 0. The van der Waals surface area contributed by atoms with Gasteiger partial charge in [-0.3, -0.25) is 4.79 Å². The first kappa shape index (κ1) is 18.5. The third-order valence-electron chi connectivity index (χ3n) is 9.47. The predicted molar refractivity (Wildman–Crippen MR) is 105 cm³/mol. The summed E-state index contributed by atoms with van der Waals surface area (Å²) in [5.74, 6) is 3.81. The highest BCUT2D eigenvalue weighted by atomic mass is 79.9. The Morgan fingerprint density at radius 3 is 2.40 bits per heavy atom. The number of carbonyl (C=O) groups excluding carboxylic acids is 1. The van der Waals surface area contributed by atoms with E-state index in [-0.39, 0.29) is 11.3 Å². The second kappa shape index (κ2) is 6.06. The van der Waals surface area contributed by atoms with Gasteiger partial charge in [0.25, 0.3) is 0 Å². The Labute approximate surface area is 161 Å². The lowest BCUT2D eigenvalue weighted by molar-refractivity contribution is -0.150. The first-order valence-electron chi connectivity index (χ1n) is 10.5. The Morgan fingerprint density at radius 1 is 0.960 bits per heavy atom. The molecule has 0 heterocycles. The van der Waals surface area contributed by atoms with Gasteiger partial charge in [-0.25, -0.2) is 0 Å². The van der Waals surface area contributed by atoms with Crippen LogP contribution in [0.25, 0.3) is 0 Å². The predicted octanol–water partition coefficient (Wildman–Crippen LogP) is 5.36. The lowest BCUT2D eigenvalue weighted by Crippen LogP contribution is -2.55. The van der Waals surface area contributed by atoms with Gasteiger partial charge in [0, 0.05) is 5.92 Å². The van der Waals surface area contributed by atoms with Crippen LogP contribution in [-0.4, -0.2) is 21.8 Å². The van der Waals surface area contributed by atoms with E-state index < -0.39 is 5.60 Å². The second-order valence-electron chi connectivity index (χ2n) is 10.6. The molecule has 4 fully saturated rings. The molecule has 0 amide bonds. The van der Waals surface area contributed by atoms with Gasteiger partial charge in [-0.1, -0.05) is 29.8 Å². The molecule has 0 spiro atoms. The number of rotatable bonds is 2. The van der Waals surface area contributed by atoms with Crippen molar-refractivity contribution in [1.82, 2.24) is 0 Å². The number of aliphatic hydroxyl groups is 1. The minimum atomic E-state index is -0.444. The van der Waals surface area contributed by atoms with Crippen molar-refractivity contribution in [1.29, 1.82) is 0 Å². The molecule has 3 heteroatoms. The van der Waals surface area contributed by atoms with Gasteiger partial charge in [-0.15, -0.1) is 0 Å². The molecule has 4 aliphatic rings. The largest absolute Gasteiger partial charge is 0.390 e. The molecule has 0 saturated heterocycles. The lowest BCUT2D eigenvalue weighted by Gasteiger charge is -2.61. The first-order chi connectivity index (χ1) is 11.7. The third kappa shape index (κ3) is 2.70. The van der Waals surface area contributed by atoms with Crippen LogP contribution in [0, 0.1) is 40.4 Å². The molecule has 3 unspecified atom stereocenters. The Balaban J connectivity index is 1.59. The number of halogens is 1. The number of Topliss-reactive ketones (excluding diaryl/α,β-unsaturated/α-hetero) is 1. The summed E-state index contributed by atoms with van der Waals surface area (Å²) in [5, 5.41) is 11.1. The van der Waals surface area contributed by atoms with Crippen molar-refractivity contribution >= 4 is 21.7 Å². The van der Waals surface area contributed by atoms with E-state index in [1.165, 1.54) is 38.5 Å². The molecule has 0 radical (unpaired) electrons. The molecule has 0 aromatic rings. The number of ketones is 1. The van der Waals surface area contributed by atoms with Gasteiger partial charge >= 0.3 is 0 Å². The zero-order valence-electron chi connectivity index (χ0n) is 16.2. The Hall–Kier alpha value is 0.110. The normalized spacial score (nSPS) is 55.2. The van der Waals surface area contributed by atoms with Crippen molar-refractivity contribution in [2.24, 2.45) is 40.4 Å². The number of hydrogen-bond acceptors (Lipinski definition) is 2. The van der Waals surface area contributed by atoms with Gasteiger partial charge in [-0.2, -0.15) is 0 Å². The third-order valence-corrected chi connectivity index (χ3v) is 10.0. The average molecular weight is 411 g/mol. The lowest BCUT2D eigenvalue weighted by atomic mass is 9.44. The summed E-state index contributed by atoms with van der Waals surface area (Å²) in [4.78, 5) is 12.5. The fraction of sp³-hybridized carbons (Fsp3) is 0.955. The molecule has 4 rings (SSSR count). The molecule has 0 aromatic carbocycles. The van der Waals surface area contributed by atoms with Crippen molar-refractivity contribution < 1.29 is 9.90 Å². The van der Waals surface area contributed by atoms with E-state index in [0.29, 0.717) is 22.4 Å². The van der Waals surface area contributed by atoms with E-state index in [4.69, 9.17) is 0 Å². The Bertz CT molecular complexity index is 558. The second-order valence-corrected chi connectivity index (χ2v) is 11.2. The summed E-state index contributed by atoms with van der Waals surface area (Å²) in [6, 6.07) is 0. The molecule has 0 aliphatic heterocycles. The summed E-state index contributed by atoms with van der Waals surface area (Å²) < 4.78 is 0. The molecule has 4 saturated carbocycles. The Kier molecular flexibility index (Phi) is 4.47.